The molecule has 1 aliphatic heterocycles. The maximum atomic E-state index is 6.01. The van der Waals surface area contributed by atoms with E-state index in [0.717, 1.165) is 36.6 Å². The van der Waals surface area contributed by atoms with Gasteiger partial charge in [0.1, 0.15) is 11.9 Å². The highest BCUT2D eigenvalue weighted by Gasteiger charge is 2.18. The molecule has 1 atom stereocenters. The average molecular weight is 250 g/mol. The maximum absolute atomic E-state index is 6.01. The van der Waals surface area contributed by atoms with Crippen LogP contribution in [0.25, 0.3) is 0 Å². The van der Waals surface area contributed by atoms with Gasteiger partial charge in [-0.2, -0.15) is 0 Å². The number of aryl methyl sites for hydroxylation is 1. The van der Waals surface area contributed by atoms with E-state index in [1.165, 1.54) is 0 Å². The van der Waals surface area contributed by atoms with Gasteiger partial charge in [0.25, 0.3) is 0 Å². The van der Waals surface area contributed by atoms with Gasteiger partial charge in [-0.25, -0.2) is 0 Å². The Hall–Kier alpha value is -1.13. The van der Waals surface area contributed by atoms with Crippen LogP contribution in [-0.4, -0.2) is 30.3 Å². The summed E-state index contributed by atoms with van der Waals surface area (Å²) in [5.41, 5.74) is 2.10. The summed E-state index contributed by atoms with van der Waals surface area (Å²) in [5, 5.41) is 3.40. The van der Waals surface area contributed by atoms with Crippen LogP contribution in [-0.2, 0) is 11.3 Å². The smallest absolute Gasteiger partial charge is 0.127 e. The van der Waals surface area contributed by atoms with E-state index in [1.54, 1.807) is 0 Å². The molecule has 1 aliphatic rings. The lowest BCUT2D eigenvalue weighted by Crippen LogP contribution is -2.23. The van der Waals surface area contributed by atoms with Gasteiger partial charge in [0, 0.05) is 42.5 Å². The van der Waals surface area contributed by atoms with Crippen LogP contribution in [0.15, 0.2) is 12.3 Å². The first kappa shape index (κ1) is 13.3. The summed E-state index contributed by atoms with van der Waals surface area (Å²) in [6.07, 6.45) is 3.05. The molecule has 0 aliphatic carbocycles. The van der Waals surface area contributed by atoms with Crippen LogP contribution in [0.5, 0.6) is 5.75 Å². The highest BCUT2D eigenvalue weighted by Crippen LogP contribution is 2.22. The van der Waals surface area contributed by atoms with Crippen molar-refractivity contribution >= 4 is 0 Å². The summed E-state index contributed by atoms with van der Waals surface area (Å²) >= 11 is 0. The molecule has 2 heterocycles. The molecule has 0 radical (unpaired) electrons. The molecule has 4 heteroatoms. The van der Waals surface area contributed by atoms with Gasteiger partial charge in [-0.3, -0.25) is 4.98 Å². The molecule has 1 aromatic rings. The lowest BCUT2D eigenvalue weighted by Gasteiger charge is -2.17. The van der Waals surface area contributed by atoms with Gasteiger partial charge in [0.2, 0.25) is 0 Å². The summed E-state index contributed by atoms with van der Waals surface area (Å²) in [6, 6.07) is 2.46. The van der Waals surface area contributed by atoms with Crippen LogP contribution >= 0.6 is 0 Å². The number of hydrogen-bond donors (Lipinski definition) is 1. The Labute approximate surface area is 109 Å². The van der Waals surface area contributed by atoms with Crippen LogP contribution in [0.2, 0.25) is 0 Å². The predicted molar refractivity (Wildman–Crippen MR) is 70.8 cm³/mol. The Bertz CT molecular complexity index is 387. The molecule has 100 valence electrons. The molecule has 18 heavy (non-hydrogen) atoms. The van der Waals surface area contributed by atoms with Gasteiger partial charge in [0.15, 0.2) is 0 Å². The molecule has 2 rings (SSSR count). The minimum atomic E-state index is 0.185. The van der Waals surface area contributed by atoms with Gasteiger partial charge in [-0.15, -0.1) is 0 Å². The molecule has 1 N–H and O–H groups in total. The number of nitrogens with zero attached hydrogens (tertiary/aromatic N) is 1. The van der Waals surface area contributed by atoms with Gasteiger partial charge in [0.05, 0.1) is 13.2 Å². The Morgan fingerprint density at radius 1 is 1.56 bits per heavy atom. The Balaban J connectivity index is 2.07. The number of rotatable bonds is 5. The maximum Gasteiger partial charge on any atom is 0.127 e. The van der Waals surface area contributed by atoms with E-state index >= 15 is 0 Å². The van der Waals surface area contributed by atoms with Crippen molar-refractivity contribution in [1.82, 2.24) is 10.3 Å². The van der Waals surface area contributed by atoms with E-state index in [9.17, 15) is 0 Å². The zero-order valence-electron chi connectivity index (χ0n) is 11.4. The molecule has 0 bridgehead atoms. The third-order valence-corrected chi connectivity index (χ3v) is 2.96. The van der Waals surface area contributed by atoms with Gasteiger partial charge < -0.3 is 14.8 Å². The topological polar surface area (TPSA) is 43.4 Å². The van der Waals surface area contributed by atoms with E-state index in [1.807, 2.05) is 19.2 Å². The fraction of sp³-hybridized carbons (Fsp3) is 0.643. The number of hydrogen-bond acceptors (Lipinski definition) is 4. The van der Waals surface area contributed by atoms with Gasteiger partial charge in [-0.05, 0) is 6.92 Å². The largest absolute Gasteiger partial charge is 0.487 e. The minimum absolute atomic E-state index is 0.185. The Morgan fingerprint density at radius 3 is 3.06 bits per heavy atom. The lowest BCUT2D eigenvalue weighted by atomic mass is 10.2. The second-order valence-corrected chi connectivity index (χ2v) is 5.07. The van der Waals surface area contributed by atoms with Crippen LogP contribution < -0.4 is 10.1 Å². The van der Waals surface area contributed by atoms with Crippen molar-refractivity contribution in [1.29, 1.82) is 0 Å². The second kappa shape index (κ2) is 6.16. The SMILES string of the molecule is Cc1cc(OC2CCOC2)c(CNC(C)C)cn1. The third kappa shape index (κ3) is 3.68. The average Bonchev–Trinajstić information content (AvgIpc) is 2.80. The molecule has 4 nitrogen and oxygen atoms in total. The Morgan fingerprint density at radius 2 is 2.39 bits per heavy atom. The van der Waals surface area contributed by atoms with E-state index in [-0.39, 0.29) is 6.10 Å². The van der Waals surface area contributed by atoms with Crippen molar-refractivity contribution in [2.24, 2.45) is 0 Å². The molecule has 1 fully saturated rings. The second-order valence-electron chi connectivity index (χ2n) is 5.07. The first-order chi connectivity index (χ1) is 8.65. The van der Waals surface area contributed by atoms with Crippen molar-refractivity contribution in [3.8, 4) is 5.75 Å². The molecule has 0 aromatic carbocycles. The summed E-state index contributed by atoms with van der Waals surface area (Å²) in [6.45, 7) is 8.53. The van der Waals surface area contributed by atoms with Crippen molar-refractivity contribution in [2.75, 3.05) is 13.2 Å². The van der Waals surface area contributed by atoms with E-state index < -0.39 is 0 Å². The summed E-state index contributed by atoms with van der Waals surface area (Å²) < 4.78 is 11.4. The highest BCUT2D eigenvalue weighted by molar-refractivity contribution is 5.33. The number of nitrogens with one attached hydrogen (secondary N) is 1. The summed E-state index contributed by atoms with van der Waals surface area (Å²) in [7, 11) is 0. The van der Waals surface area contributed by atoms with E-state index in [0.29, 0.717) is 12.6 Å². The van der Waals surface area contributed by atoms with Crippen LogP contribution in [0.4, 0.5) is 0 Å². The quantitative estimate of drug-likeness (QED) is 0.868. The number of ether oxygens (including phenoxy) is 2. The molecule has 0 spiro atoms. The van der Waals surface area contributed by atoms with E-state index in [2.05, 4.69) is 24.1 Å². The van der Waals surface area contributed by atoms with Crippen LogP contribution in [0.3, 0.4) is 0 Å². The zero-order chi connectivity index (χ0) is 13.0. The standard InChI is InChI=1S/C14H22N2O2/c1-10(2)15-7-12-8-16-11(3)6-14(12)18-13-4-5-17-9-13/h6,8,10,13,15H,4-5,7,9H2,1-3H3. The lowest BCUT2D eigenvalue weighted by molar-refractivity contribution is 0.140. The first-order valence-electron chi connectivity index (χ1n) is 6.58. The fourth-order valence-corrected chi connectivity index (χ4v) is 1.90. The van der Waals surface area contributed by atoms with Gasteiger partial charge >= 0.3 is 0 Å². The van der Waals surface area contributed by atoms with Crippen molar-refractivity contribution in [2.45, 2.75) is 45.9 Å². The molecular weight excluding hydrogens is 228 g/mol. The molecule has 1 unspecified atom stereocenters. The molecule has 0 saturated carbocycles. The Kier molecular flexibility index (Phi) is 4.55. The third-order valence-electron chi connectivity index (χ3n) is 2.96. The molecule has 0 amide bonds. The predicted octanol–water partition coefficient (Wildman–Crippen LogP) is 2.06. The normalized spacial score (nSPS) is 19.4. The van der Waals surface area contributed by atoms with Crippen LogP contribution in [0.1, 0.15) is 31.5 Å². The number of pyridine rings is 1. The summed E-state index contributed by atoms with van der Waals surface area (Å²) in [4.78, 5) is 4.34. The zero-order valence-corrected chi connectivity index (χ0v) is 11.4. The summed E-state index contributed by atoms with van der Waals surface area (Å²) in [5.74, 6) is 0.936. The fourth-order valence-electron chi connectivity index (χ4n) is 1.90. The van der Waals surface area contributed by atoms with Gasteiger partial charge in [-0.1, -0.05) is 13.8 Å². The first-order valence-corrected chi connectivity index (χ1v) is 6.58. The minimum Gasteiger partial charge on any atom is -0.487 e. The molecular formula is C14H22N2O2. The number of aromatic nitrogens is 1. The van der Waals surface area contributed by atoms with Crippen LogP contribution in [0, 0.1) is 6.92 Å². The van der Waals surface area contributed by atoms with Crippen molar-refractivity contribution < 1.29 is 9.47 Å². The molecule has 1 aromatic heterocycles. The highest BCUT2D eigenvalue weighted by atomic mass is 16.5. The molecule has 1 saturated heterocycles. The van der Waals surface area contributed by atoms with Crippen molar-refractivity contribution in [3.05, 3.63) is 23.5 Å². The van der Waals surface area contributed by atoms with E-state index in [4.69, 9.17) is 9.47 Å². The van der Waals surface area contributed by atoms with Crippen molar-refractivity contribution in [3.63, 3.8) is 0 Å². The monoisotopic (exact) mass is 250 g/mol.